The van der Waals surface area contributed by atoms with Crippen LogP contribution in [0.1, 0.15) is 29.0 Å². The SMILES string of the molecule is O=C(c1cccc(COc2c(Cl)cccc2Cl)n1)N1CCC(C(F)(F)F)CC1. The van der Waals surface area contributed by atoms with E-state index in [1.165, 1.54) is 11.0 Å². The smallest absolute Gasteiger partial charge is 0.391 e. The summed E-state index contributed by atoms with van der Waals surface area (Å²) in [4.78, 5) is 18.3. The number of nitrogens with zero attached hydrogens (tertiary/aromatic N) is 2. The van der Waals surface area contributed by atoms with Crippen LogP contribution in [0.25, 0.3) is 0 Å². The van der Waals surface area contributed by atoms with Crippen LogP contribution in [0.15, 0.2) is 36.4 Å². The number of rotatable bonds is 4. The molecule has 1 saturated heterocycles. The molecular weight excluding hydrogens is 416 g/mol. The fraction of sp³-hybridized carbons (Fsp3) is 0.368. The van der Waals surface area contributed by atoms with Gasteiger partial charge in [-0.25, -0.2) is 4.98 Å². The molecule has 0 atom stereocenters. The molecule has 3 rings (SSSR count). The van der Waals surface area contributed by atoms with E-state index in [4.69, 9.17) is 27.9 Å². The number of halogens is 5. The Morgan fingerprint density at radius 1 is 1.11 bits per heavy atom. The van der Waals surface area contributed by atoms with Crippen LogP contribution in [-0.2, 0) is 6.61 Å². The first-order chi connectivity index (χ1) is 13.3. The number of carbonyl (C=O) groups excluding carboxylic acids is 1. The number of ether oxygens (including phenoxy) is 1. The molecule has 9 heteroatoms. The third-order valence-corrected chi connectivity index (χ3v) is 5.15. The number of pyridine rings is 1. The van der Waals surface area contributed by atoms with Gasteiger partial charge in [-0.2, -0.15) is 13.2 Å². The van der Waals surface area contributed by atoms with E-state index in [0.29, 0.717) is 21.5 Å². The highest BCUT2D eigenvalue weighted by atomic mass is 35.5. The normalized spacial score (nSPS) is 15.5. The zero-order valence-corrected chi connectivity index (χ0v) is 16.2. The van der Waals surface area contributed by atoms with Crippen molar-refractivity contribution < 1.29 is 22.7 Å². The number of amides is 1. The summed E-state index contributed by atoms with van der Waals surface area (Å²) in [5.41, 5.74) is 0.642. The van der Waals surface area contributed by atoms with Crippen LogP contribution < -0.4 is 4.74 Å². The van der Waals surface area contributed by atoms with Crippen LogP contribution in [0.3, 0.4) is 0 Å². The maximum atomic E-state index is 12.8. The predicted octanol–water partition coefficient (Wildman–Crippen LogP) is 5.38. The number of alkyl halides is 3. The number of hydrogen-bond acceptors (Lipinski definition) is 3. The molecule has 1 aliphatic rings. The molecule has 0 aliphatic carbocycles. The second kappa shape index (κ2) is 8.57. The van der Waals surface area contributed by atoms with Crippen molar-refractivity contribution in [1.29, 1.82) is 0 Å². The number of benzene rings is 1. The van der Waals surface area contributed by atoms with Gasteiger partial charge >= 0.3 is 6.18 Å². The third-order valence-electron chi connectivity index (χ3n) is 4.55. The Kier molecular flexibility index (Phi) is 6.35. The Bertz CT molecular complexity index is 833. The molecule has 1 aliphatic heterocycles. The van der Waals surface area contributed by atoms with Crippen LogP contribution in [-0.4, -0.2) is 35.1 Å². The maximum absolute atomic E-state index is 12.8. The summed E-state index contributed by atoms with van der Waals surface area (Å²) in [5, 5.41) is 0.708. The monoisotopic (exact) mass is 432 g/mol. The van der Waals surface area contributed by atoms with Crippen molar-refractivity contribution in [1.82, 2.24) is 9.88 Å². The second-order valence-electron chi connectivity index (χ2n) is 6.46. The molecule has 2 aromatic rings. The highest BCUT2D eigenvalue weighted by molar-refractivity contribution is 6.37. The summed E-state index contributed by atoms with van der Waals surface area (Å²) < 4.78 is 43.9. The number of piperidine rings is 1. The Morgan fingerprint density at radius 3 is 2.32 bits per heavy atom. The van der Waals surface area contributed by atoms with E-state index in [2.05, 4.69) is 4.98 Å². The van der Waals surface area contributed by atoms with Gasteiger partial charge in [0.05, 0.1) is 21.7 Å². The summed E-state index contributed by atoms with van der Waals surface area (Å²) in [6.45, 7) is 0.155. The van der Waals surface area contributed by atoms with Gasteiger partial charge in [-0.1, -0.05) is 35.3 Å². The lowest BCUT2D eigenvalue weighted by atomic mass is 9.96. The minimum Gasteiger partial charge on any atom is -0.484 e. The molecule has 1 aromatic carbocycles. The van der Waals surface area contributed by atoms with Crippen LogP contribution >= 0.6 is 23.2 Å². The van der Waals surface area contributed by atoms with E-state index < -0.39 is 18.0 Å². The number of carbonyl (C=O) groups is 1. The first-order valence-corrected chi connectivity index (χ1v) is 9.40. The lowest BCUT2D eigenvalue weighted by Crippen LogP contribution is -2.42. The molecule has 0 bridgehead atoms. The van der Waals surface area contributed by atoms with E-state index in [9.17, 15) is 18.0 Å². The Labute approximate surface area is 170 Å². The van der Waals surface area contributed by atoms with Gasteiger partial charge in [0.1, 0.15) is 12.3 Å². The van der Waals surface area contributed by atoms with Gasteiger partial charge in [-0.05, 0) is 37.1 Å². The van der Waals surface area contributed by atoms with Crippen LogP contribution in [0.2, 0.25) is 10.0 Å². The number of hydrogen-bond donors (Lipinski definition) is 0. The van der Waals surface area contributed by atoms with Gasteiger partial charge in [-0.15, -0.1) is 0 Å². The molecule has 0 radical (unpaired) electrons. The Balaban J connectivity index is 1.64. The highest BCUT2D eigenvalue weighted by Crippen LogP contribution is 2.34. The highest BCUT2D eigenvalue weighted by Gasteiger charge is 2.41. The van der Waals surface area contributed by atoms with Crippen LogP contribution in [0.5, 0.6) is 5.75 Å². The summed E-state index contributed by atoms with van der Waals surface area (Å²) in [6.07, 6.45) is -4.41. The largest absolute Gasteiger partial charge is 0.484 e. The van der Waals surface area contributed by atoms with Gasteiger partial charge < -0.3 is 9.64 Å². The summed E-state index contributed by atoms with van der Waals surface area (Å²) in [5.74, 6) is -1.43. The van der Waals surface area contributed by atoms with Crippen LogP contribution in [0, 0.1) is 5.92 Å². The molecule has 0 saturated carbocycles. The Hall–Kier alpha value is -1.99. The second-order valence-corrected chi connectivity index (χ2v) is 7.28. The topological polar surface area (TPSA) is 42.4 Å². The van der Waals surface area contributed by atoms with Gasteiger partial charge in [0.15, 0.2) is 5.75 Å². The van der Waals surface area contributed by atoms with E-state index >= 15 is 0 Å². The van der Waals surface area contributed by atoms with Crippen molar-refractivity contribution in [3.8, 4) is 5.75 Å². The molecule has 4 nitrogen and oxygen atoms in total. The minimum atomic E-state index is -4.22. The third kappa shape index (κ3) is 4.89. The summed E-state index contributed by atoms with van der Waals surface area (Å²) in [7, 11) is 0. The van der Waals surface area contributed by atoms with Crippen molar-refractivity contribution in [3.05, 3.63) is 57.8 Å². The molecule has 1 fully saturated rings. The molecule has 1 aromatic heterocycles. The van der Waals surface area contributed by atoms with Crippen molar-refractivity contribution in [2.75, 3.05) is 13.1 Å². The average Bonchev–Trinajstić information content (AvgIpc) is 2.67. The summed E-state index contributed by atoms with van der Waals surface area (Å²) in [6, 6.07) is 9.83. The number of likely N-dealkylation sites (tertiary alicyclic amines) is 1. The minimum absolute atomic E-state index is 0.0424. The number of para-hydroxylation sites is 1. The molecule has 1 amide bonds. The molecule has 0 unspecified atom stereocenters. The van der Waals surface area contributed by atoms with E-state index in [1.807, 2.05) is 0 Å². The molecule has 28 heavy (non-hydrogen) atoms. The van der Waals surface area contributed by atoms with Gasteiger partial charge in [0, 0.05) is 13.1 Å². The standard InChI is InChI=1S/C19H17Cl2F3N2O2/c20-14-4-2-5-15(21)17(14)28-11-13-3-1-6-16(25-13)18(27)26-9-7-12(8-10-26)19(22,23)24/h1-6,12H,7-11H2. The van der Waals surface area contributed by atoms with Gasteiger partial charge in [-0.3, -0.25) is 4.79 Å². The lowest BCUT2D eigenvalue weighted by Gasteiger charge is -2.32. The van der Waals surface area contributed by atoms with Crippen molar-refractivity contribution >= 4 is 29.1 Å². The number of aromatic nitrogens is 1. The summed E-state index contributed by atoms with van der Waals surface area (Å²) >= 11 is 12.1. The van der Waals surface area contributed by atoms with Crippen molar-refractivity contribution in [3.63, 3.8) is 0 Å². The van der Waals surface area contributed by atoms with Crippen LogP contribution in [0.4, 0.5) is 13.2 Å². The zero-order chi connectivity index (χ0) is 20.3. The molecule has 0 spiro atoms. The van der Waals surface area contributed by atoms with Gasteiger partial charge in [0.25, 0.3) is 5.91 Å². The molecular formula is C19H17Cl2F3N2O2. The Morgan fingerprint density at radius 2 is 1.71 bits per heavy atom. The zero-order valence-electron chi connectivity index (χ0n) is 14.7. The first kappa shape index (κ1) is 20.7. The molecule has 150 valence electrons. The predicted molar refractivity (Wildman–Crippen MR) is 99.7 cm³/mol. The van der Waals surface area contributed by atoms with Gasteiger partial charge in [0.2, 0.25) is 0 Å². The fourth-order valence-corrected chi connectivity index (χ4v) is 3.52. The van der Waals surface area contributed by atoms with E-state index in [-0.39, 0.29) is 38.2 Å². The van der Waals surface area contributed by atoms with Crippen molar-refractivity contribution in [2.45, 2.75) is 25.6 Å². The maximum Gasteiger partial charge on any atom is 0.391 e. The fourth-order valence-electron chi connectivity index (χ4n) is 3.02. The molecule has 0 N–H and O–H groups in total. The molecule has 2 heterocycles. The van der Waals surface area contributed by atoms with Crippen molar-refractivity contribution in [2.24, 2.45) is 5.92 Å². The lowest BCUT2D eigenvalue weighted by molar-refractivity contribution is -0.183. The van der Waals surface area contributed by atoms with E-state index in [1.54, 1.807) is 30.3 Å². The van der Waals surface area contributed by atoms with E-state index in [0.717, 1.165) is 0 Å². The average molecular weight is 433 g/mol. The first-order valence-electron chi connectivity index (χ1n) is 8.64. The quantitative estimate of drug-likeness (QED) is 0.650.